The maximum atomic E-state index is 8.75. The number of hydrogen-bond donors (Lipinski definition) is 0. The van der Waals surface area contributed by atoms with Gasteiger partial charge in [-0.3, -0.25) is 0 Å². The van der Waals surface area contributed by atoms with Gasteiger partial charge in [0.2, 0.25) is 0 Å². The summed E-state index contributed by atoms with van der Waals surface area (Å²) in [7, 11) is 0. The van der Waals surface area contributed by atoms with Crippen LogP contribution in [0.15, 0.2) is 12.1 Å². The minimum absolute atomic E-state index is 0.316. The van der Waals surface area contributed by atoms with Crippen molar-refractivity contribution in [3.8, 4) is 23.6 Å². The number of fused-ring (bicyclic) bond motifs is 1. The highest BCUT2D eigenvalue weighted by Crippen LogP contribution is 2.32. The van der Waals surface area contributed by atoms with Crippen molar-refractivity contribution >= 4 is 0 Å². The Kier molecular flexibility index (Phi) is 1.96. The van der Waals surface area contributed by atoms with Gasteiger partial charge in [0.25, 0.3) is 0 Å². The van der Waals surface area contributed by atoms with Crippen LogP contribution < -0.4 is 9.47 Å². The van der Waals surface area contributed by atoms with E-state index >= 15 is 0 Å². The fourth-order valence-corrected chi connectivity index (χ4v) is 1.27. The lowest BCUT2D eigenvalue weighted by Gasteiger charge is -2.18. The third-order valence-corrected chi connectivity index (χ3v) is 1.92. The number of nitrogens with zero attached hydrogens (tertiary/aromatic N) is 2. The van der Waals surface area contributed by atoms with Crippen molar-refractivity contribution < 1.29 is 9.47 Å². The molecule has 0 aliphatic carbocycles. The lowest BCUT2D eigenvalue weighted by Crippen LogP contribution is -2.15. The van der Waals surface area contributed by atoms with Gasteiger partial charge in [0.05, 0.1) is 11.1 Å². The van der Waals surface area contributed by atoms with Crippen LogP contribution in [0.3, 0.4) is 0 Å². The second-order valence-corrected chi connectivity index (χ2v) is 2.77. The topological polar surface area (TPSA) is 66.0 Å². The molecule has 0 N–H and O–H groups in total. The molecule has 0 atom stereocenters. The molecule has 14 heavy (non-hydrogen) atoms. The molecule has 0 radical (unpaired) electrons. The summed E-state index contributed by atoms with van der Waals surface area (Å²) in [6.07, 6.45) is 0. The van der Waals surface area contributed by atoms with Gasteiger partial charge in [-0.25, -0.2) is 0 Å². The van der Waals surface area contributed by atoms with Gasteiger partial charge in [-0.15, -0.1) is 0 Å². The van der Waals surface area contributed by atoms with Gasteiger partial charge < -0.3 is 9.47 Å². The molecule has 0 spiro atoms. The van der Waals surface area contributed by atoms with E-state index in [2.05, 4.69) is 0 Å². The molecule has 1 heterocycles. The van der Waals surface area contributed by atoms with E-state index in [0.717, 1.165) is 0 Å². The highest BCUT2D eigenvalue weighted by atomic mass is 16.6. The van der Waals surface area contributed by atoms with E-state index in [1.165, 1.54) is 12.1 Å². The smallest absolute Gasteiger partial charge is 0.162 e. The van der Waals surface area contributed by atoms with Crippen LogP contribution in [0.2, 0.25) is 0 Å². The standard InChI is InChI=1S/C10H6N2O2/c11-5-7-3-9-10(4-8(7)6-12)14-2-1-13-9/h3-4H,1-2H2. The summed E-state index contributed by atoms with van der Waals surface area (Å²) in [5, 5.41) is 17.5. The molecule has 1 aliphatic rings. The third kappa shape index (κ3) is 1.23. The molecule has 0 unspecified atom stereocenters. The first-order valence-corrected chi connectivity index (χ1v) is 4.09. The molecule has 2 rings (SSSR count). The second kappa shape index (κ2) is 3.27. The normalized spacial score (nSPS) is 12.7. The van der Waals surface area contributed by atoms with Crippen molar-refractivity contribution in [2.45, 2.75) is 0 Å². The van der Waals surface area contributed by atoms with Gasteiger partial charge in [-0.1, -0.05) is 0 Å². The molecule has 0 saturated carbocycles. The number of nitriles is 2. The average Bonchev–Trinajstić information content (AvgIpc) is 2.27. The molecule has 0 fully saturated rings. The van der Waals surface area contributed by atoms with E-state index in [1.807, 2.05) is 12.1 Å². The van der Waals surface area contributed by atoms with E-state index in [4.69, 9.17) is 20.0 Å². The molecule has 1 aromatic carbocycles. The van der Waals surface area contributed by atoms with Gasteiger partial charge in [0.15, 0.2) is 11.5 Å². The molecular weight excluding hydrogens is 180 g/mol. The van der Waals surface area contributed by atoms with Crippen LogP contribution in [0, 0.1) is 22.7 Å². The number of benzene rings is 1. The van der Waals surface area contributed by atoms with Crippen LogP contribution >= 0.6 is 0 Å². The summed E-state index contributed by atoms with van der Waals surface area (Å²) >= 11 is 0. The first-order valence-electron chi connectivity index (χ1n) is 4.09. The van der Waals surface area contributed by atoms with Crippen LogP contribution in [-0.4, -0.2) is 13.2 Å². The molecule has 0 amide bonds. The Morgan fingerprint density at radius 3 is 1.71 bits per heavy atom. The molecule has 0 bridgehead atoms. The monoisotopic (exact) mass is 186 g/mol. The van der Waals surface area contributed by atoms with Gasteiger partial charge in [-0.05, 0) is 0 Å². The predicted molar refractivity (Wildman–Crippen MR) is 46.9 cm³/mol. The van der Waals surface area contributed by atoms with Crippen LogP contribution in [0.1, 0.15) is 11.1 Å². The zero-order chi connectivity index (χ0) is 9.97. The molecular formula is C10H6N2O2. The Morgan fingerprint density at radius 1 is 0.929 bits per heavy atom. The summed E-state index contributed by atoms with van der Waals surface area (Å²) in [4.78, 5) is 0. The first kappa shape index (κ1) is 8.40. The highest BCUT2D eigenvalue weighted by molar-refractivity contribution is 5.56. The molecule has 1 aliphatic heterocycles. The van der Waals surface area contributed by atoms with E-state index in [0.29, 0.717) is 35.8 Å². The van der Waals surface area contributed by atoms with Crippen LogP contribution in [-0.2, 0) is 0 Å². The van der Waals surface area contributed by atoms with Gasteiger partial charge in [0.1, 0.15) is 25.4 Å². The first-order chi connectivity index (χ1) is 6.85. The van der Waals surface area contributed by atoms with Gasteiger partial charge in [-0.2, -0.15) is 10.5 Å². The van der Waals surface area contributed by atoms with Crippen molar-refractivity contribution in [2.24, 2.45) is 0 Å². The van der Waals surface area contributed by atoms with E-state index in [9.17, 15) is 0 Å². The Balaban J connectivity index is 2.57. The fourth-order valence-electron chi connectivity index (χ4n) is 1.27. The minimum Gasteiger partial charge on any atom is -0.486 e. The highest BCUT2D eigenvalue weighted by Gasteiger charge is 2.15. The Labute approximate surface area is 80.9 Å². The molecule has 68 valence electrons. The minimum atomic E-state index is 0.316. The summed E-state index contributed by atoms with van der Waals surface area (Å²) in [5.74, 6) is 1.07. The maximum Gasteiger partial charge on any atom is 0.162 e. The van der Waals surface area contributed by atoms with Crippen molar-refractivity contribution in [3.05, 3.63) is 23.3 Å². The van der Waals surface area contributed by atoms with Crippen molar-refractivity contribution in [3.63, 3.8) is 0 Å². The summed E-state index contributed by atoms with van der Waals surface area (Å²) in [6.45, 7) is 0.952. The second-order valence-electron chi connectivity index (χ2n) is 2.77. The molecule has 0 saturated heterocycles. The number of hydrogen-bond acceptors (Lipinski definition) is 4. The van der Waals surface area contributed by atoms with E-state index < -0.39 is 0 Å². The lowest BCUT2D eigenvalue weighted by molar-refractivity contribution is 0.171. The van der Waals surface area contributed by atoms with Crippen LogP contribution in [0.25, 0.3) is 0 Å². The largest absolute Gasteiger partial charge is 0.486 e. The van der Waals surface area contributed by atoms with E-state index in [1.54, 1.807) is 0 Å². The SMILES string of the molecule is N#Cc1cc2c(cc1C#N)OCCO2. The van der Waals surface area contributed by atoms with Gasteiger partial charge >= 0.3 is 0 Å². The Bertz CT molecular complexity index is 411. The number of rotatable bonds is 0. The van der Waals surface area contributed by atoms with Crippen molar-refractivity contribution in [1.29, 1.82) is 10.5 Å². The zero-order valence-corrected chi connectivity index (χ0v) is 7.28. The molecule has 4 nitrogen and oxygen atoms in total. The maximum absolute atomic E-state index is 8.75. The van der Waals surface area contributed by atoms with Gasteiger partial charge in [0, 0.05) is 12.1 Å². The van der Waals surface area contributed by atoms with E-state index in [-0.39, 0.29) is 0 Å². The summed E-state index contributed by atoms with van der Waals surface area (Å²) < 4.78 is 10.6. The van der Waals surface area contributed by atoms with Crippen LogP contribution in [0.4, 0.5) is 0 Å². The third-order valence-electron chi connectivity index (χ3n) is 1.92. The molecule has 4 heteroatoms. The fraction of sp³-hybridized carbons (Fsp3) is 0.200. The van der Waals surface area contributed by atoms with Crippen molar-refractivity contribution in [1.82, 2.24) is 0 Å². The molecule has 0 aromatic heterocycles. The Morgan fingerprint density at radius 2 is 1.36 bits per heavy atom. The van der Waals surface area contributed by atoms with Crippen molar-refractivity contribution in [2.75, 3.05) is 13.2 Å². The lowest BCUT2D eigenvalue weighted by atomic mass is 10.1. The zero-order valence-electron chi connectivity index (χ0n) is 7.28. The van der Waals surface area contributed by atoms with Crippen LogP contribution in [0.5, 0.6) is 11.5 Å². The summed E-state index contributed by atoms with van der Waals surface area (Å²) in [5.41, 5.74) is 0.633. The quantitative estimate of drug-likeness (QED) is 0.610. The summed E-state index contributed by atoms with van der Waals surface area (Å²) in [6, 6.07) is 6.95. The molecule has 1 aromatic rings. The Hall–Kier alpha value is -2.20. The average molecular weight is 186 g/mol. The predicted octanol–water partition coefficient (Wildman–Crippen LogP) is 1.20. The number of ether oxygens (including phenoxy) is 2.